The molecule has 0 radical (unpaired) electrons. The van der Waals surface area contributed by atoms with Gasteiger partial charge in [-0.3, -0.25) is 9.59 Å². The summed E-state index contributed by atoms with van der Waals surface area (Å²) in [5.41, 5.74) is 0.908. The van der Waals surface area contributed by atoms with Gasteiger partial charge in [0.25, 0.3) is 0 Å². The molecule has 0 bridgehead atoms. The maximum atomic E-state index is 11.8. The van der Waals surface area contributed by atoms with Crippen LogP contribution in [0.4, 0.5) is 0 Å². The van der Waals surface area contributed by atoms with Crippen molar-refractivity contribution >= 4 is 11.9 Å². The summed E-state index contributed by atoms with van der Waals surface area (Å²) in [4.78, 5) is 22.5. The number of rotatable bonds is 8. The van der Waals surface area contributed by atoms with E-state index < -0.39 is 11.9 Å². The lowest BCUT2D eigenvalue weighted by atomic mass is 10.2. The van der Waals surface area contributed by atoms with Gasteiger partial charge >= 0.3 is 5.97 Å². The zero-order valence-corrected chi connectivity index (χ0v) is 11.9. The van der Waals surface area contributed by atoms with Crippen molar-refractivity contribution in [1.29, 1.82) is 0 Å². The Hall–Kier alpha value is -2.08. The van der Waals surface area contributed by atoms with E-state index in [0.29, 0.717) is 31.9 Å². The van der Waals surface area contributed by atoms with Crippen molar-refractivity contribution in [2.75, 3.05) is 20.3 Å². The number of carboxylic acid groups (broad SMARTS) is 1. The summed E-state index contributed by atoms with van der Waals surface area (Å²) in [6, 6.07) is 7.41. The number of hydrogen-bond donors (Lipinski definition) is 2. The van der Waals surface area contributed by atoms with Crippen molar-refractivity contribution in [3.05, 3.63) is 29.8 Å². The third-order valence-corrected chi connectivity index (χ3v) is 3.37. The lowest BCUT2D eigenvalue weighted by Crippen LogP contribution is -2.25. The molecule has 0 aromatic heterocycles. The van der Waals surface area contributed by atoms with Crippen LogP contribution in [0.25, 0.3) is 0 Å². The molecule has 1 aromatic carbocycles. The number of hydrogen-bond acceptors (Lipinski definition) is 4. The molecule has 0 heterocycles. The second-order valence-electron chi connectivity index (χ2n) is 4.99. The molecule has 2 atom stereocenters. The van der Waals surface area contributed by atoms with Gasteiger partial charge in [-0.1, -0.05) is 12.1 Å². The average Bonchev–Trinajstić information content (AvgIpc) is 3.26. The summed E-state index contributed by atoms with van der Waals surface area (Å²) < 4.78 is 10.4. The van der Waals surface area contributed by atoms with Gasteiger partial charge in [0, 0.05) is 13.7 Å². The second kappa shape index (κ2) is 7.08. The first kappa shape index (κ1) is 15.3. The summed E-state index contributed by atoms with van der Waals surface area (Å²) in [7, 11) is 1.61. The van der Waals surface area contributed by atoms with E-state index in [0.717, 1.165) is 5.56 Å². The minimum atomic E-state index is -0.899. The number of aliphatic carboxylic acids is 1. The average molecular weight is 293 g/mol. The minimum absolute atomic E-state index is 0.201. The standard InChI is InChI=1S/C15H19NO5/c1-20-5-6-21-11-4-2-3-10(7-11)9-16-14(17)12-8-13(12)15(18)19/h2-4,7,12-13H,5-6,8-9H2,1H3,(H,16,17)(H,18,19). The van der Waals surface area contributed by atoms with Crippen molar-refractivity contribution in [2.24, 2.45) is 11.8 Å². The Morgan fingerprint density at radius 3 is 2.81 bits per heavy atom. The molecule has 2 rings (SSSR count). The largest absolute Gasteiger partial charge is 0.491 e. The number of carbonyl (C=O) groups is 2. The van der Waals surface area contributed by atoms with Crippen LogP contribution in [0.15, 0.2) is 24.3 Å². The number of amides is 1. The topological polar surface area (TPSA) is 84.9 Å². The normalized spacial score (nSPS) is 19.9. The van der Waals surface area contributed by atoms with Gasteiger partial charge in [-0.25, -0.2) is 0 Å². The lowest BCUT2D eigenvalue weighted by Gasteiger charge is -2.08. The van der Waals surface area contributed by atoms with E-state index in [9.17, 15) is 9.59 Å². The Labute approximate surface area is 123 Å². The third-order valence-electron chi connectivity index (χ3n) is 3.37. The highest BCUT2D eigenvalue weighted by atomic mass is 16.5. The summed E-state index contributed by atoms with van der Waals surface area (Å²) in [5.74, 6) is -1.29. The number of benzene rings is 1. The quantitative estimate of drug-likeness (QED) is 0.700. The van der Waals surface area contributed by atoms with Crippen LogP contribution in [0.3, 0.4) is 0 Å². The molecule has 6 nitrogen and oxygen atoms in total. The van der Waals surface area contributed by atoms with Crippen molar-refractivity contribution < 1.29 is 24.2 Å². The van der Waals surface area contributed by atoms with Gasteiger partial charge in [0.05, 0.1) is 18.4 Å². The van der Waals surface area contributed by atoms with Crippen LogP contribution in [0, 0.1) is 11.8 Å². The van der Waals surface area contributed by atoms with Crippen molar-refractivity contribution in [2.45, 2.75) is 13.0 Å². The molecule has 2 unspecified atom stereocenters. The molecule has 1 fully saturated rings. The van der Waals surface area contributed by atoms with Crippen LogP contribution < -0.4 is 10.1 Å². The number of carbonyl (C=O) groups excluding carboxylic acids is 1. The maximum absolute atomic E-state index is 11.8. The molecule has 1 amide bonds. The molecular formula is C15H19NO5. The van der Waals surface area contributed by atoms with E-state index in [1.165, 1.54) is 0 Å². The highest BCUT2D eigenvalue weighted by molar-refractivity contribution is 5.89. The van der Waals surface area contributed by atoms with E-state index in [2.05, 4.69) is 5.32 Å². The minimum Gasteiger partial charge on any atom is -0.491 e. The molecule has 1 aliphatic rings. The van der Waals surface area contributed by atoms with E-state index in [1.807, 2.05) is 24.3 Å². The highest BCUT2D eigenvalue weighted by Crippen LogP contribution is 2.38. The Balaban J connectivity index is 1.79. The van der Waals surface area contributed by atoms with Gasteiger partial charge in [0.1, 0.15) is 12.4 Å². The fourth-order valence-electron chi connectivity index (χ4n) is 2.07. The first-order chi connectivity index (χ1) is 10.1. The predicted molar refractivity (Wildman–Crippen MR) is 74.9 cm³/mol. The zero-order valence-electron chi connectivity index (χ0n) is 11.9. The second-order valence-corrected chi connectivity index (χ2v) is 4.99. The fraction of sp³-hybridized carbons (Fsp3) is 0.467. The Bertz CT molecular complexity index is 517. The molecule has 2 N–H and O–H groups in total. The Kier molecular flexibility index (Phi) is 5.16. The maximum Gasteiger partial charge on any atom is 0.307 e. The van der Waals surface area contributed by atoms with Crippen LogP contribution >= 0.6 is 0 Å². The van der Waals surface area contributed by atoms with E-state index in [-0.39, 0.29) is 11.8 Å². The first-order valence-electron chi connectivity index (χ1n) is 6.83. The summed E-state index contributed by atoms with van der Waals surface area (Å²) in [5, 5.41) is 11.5. The highest BCUT2D eigenvalue weighted by Gasteiger charge is 2.48. The Morgan fingerprint density at radius 2 is 2.14 bits per heavy atom. The molecule has 1 aliphatic carbocycles. The van der Waals surface area contributed by atoms with E-state index >= 15 is 0 Å². The van der Waals surface area contributed by atoms with Gasteiger partial charge in [-0.15, -0.1) is 0 Å². The molecule has 21 heavy (non-hydrogen) atoms. The van der Waals surface area contributed by atoms with E-state index in [1.54, 1.807) is 7.11 Å². The smallest absolute Gasteiger partial charge is 0.307 e. The summed E-state index contributed by atoms with van der Waals surface area (Å²) in [6.45, 7) is 1.34. The van der Waals surface area contributed by atoms with Crippen molar-refractivity contribution in [1.82, 2.24) is 5.32 Å². The van der Waals surface area contributed by atoms with Crippen LogP contribution in [0.2, 0.25) is 0 Å². The van der Waals surface area contributed by atoms with Gasteiger partial charge in [0.2, 0.25) is 5.91 Å². The molecule has 1 aromatic rings. The monoisotopic (exact) mass is 293 g/mol. The van der Waals surface area contributed by atoms with Gasteiger partial charge < -0.3 is 19.9 Å². The SMILES string of the molecule is COCCOc1cccc(CNC(=O)C2CC2C(=O)O)c1. The zero-order chi connectivity index (χ0) is 15.2. The van der Waals surface area contributed by atoms with Crippen LogP contribution in [0.1, 0.15) is 12.0 Å². The predicted octanol–water partition coefficient (Wildman–Crippen LogP) is 1.05. The molecule has 6 heteroatoms. The number of methoxy groups -OCH3 is 1. The number of ether oxygens (including phenoxy) is 2. The van der Waals surface area contributed by atoms with Gasteiger partial charge in [-0.05, 0) is 24.1 Å². The number of nitrogens with one attached hydrogen (secondary N) is 1. The molecule has 0 spiro atoms. The summed E-state index contributed by atoms with van der Waals surface area (Å²) >= 11 is 0. The lowest BCUT2D eigenvalue weighted by molar-refractivity contribution is -0.140. The third kappa shape index (κ3) is 4.46. The van der Waals surface area contributed by atoms with Crippen LogP contribution in [0.5, 0.6) is 5.75 Å². The first-order valence-corrected chi connectivity index (χ1v) is 6.83. The number of carboxylic acids is 1. The molecule has 0 saturated heterocycles. The molecule has 1 saturated carbocycles. The van der Waals surface area contributed by atoms with Crippen molar-refractivity contribution in [3.63, 3.8) is 0 Å². The van der Waals surface area contributed by atoms with Gasteiger partial charge in [-0.2, -0.15) is 0 Å². The van der Waals surface area contributed by atoms with Crippen LogP contribution in [-0.2, 0) is 20.9 Å². The fourth-order valence-corrected chi connectivity index (χ4v) is 2.07. The summed E-state index contributed by atoms with van der Waals surface area (Å²) in [6.07, 6.45) is 0.432. The van der Waals surface area contributed by atoms with Crippen molar-refractivity contribution in [3.8, 4) is 5.75 Å². The van der Waals surface area contributed by atoms with Crippen LogP contribution in [-0.4, -0.2) is 37.3 Å². The Morgan fingerprint density at radius 1 is 1.33 bits per heavy atom. The molecule has 114 valence electrons. The van der Waals surface area contributed by atoms with Gasteiger partial charge in [0.15, 0.2) is 0 Å². The molecular weight excluding hydrogens is 274 g/mol. The molecule has 0 aliphatic heterocycles. The van der Waals surface area contributed by atoms with E-state index in [4.69, 9.17) is 14.6 Å².